The highest BCUT2D eigenvalue weighted by Gasteiger charge is 2.26. The lowest BCUT2D eigenvalue weighted by atomic mass is 9.95. The first-order valence-electron chi connectivity index (χ1n) is 9.80. The van der Waals surface area contributed by atoms with Gasteiger partial charge in [-0.1, -0.05) is 0 Å². The number of carbonyl (C=O) groups excluding carboxylic acids is 2. The summed E-state index contributed by atoms with van der Waals surface area (Å²) in [6.07, 6.45) is 1.48. The fourth-order valence-corrected chi connectivity index (χ4v) is 4.32. The van der Waals surface area contributed by atoms with Gasteiger partial charge in [0.15, 0.2) is 0 Å². The summed E-state index contributed by atoms with van der Waals surface area (Å²) in [4.78, 5) is 45.4. The Morgan fingerprint density at radius 3 is 2.53 bits per heavy atom. The van der Waals surface area contributed by atoms with Crippen molar-refractivity contribution in [2.24, 2.45) is 0 Å². The van der Waals surface area contributed by atoms with Gasteiger partial charge in [-0.05, 0) is 48.6 Å². The molecule has 1 aromatic carbocycles. The molecule has 3 heterocycles. The molecule has 154 valence electrons. The van der Waals surface area contributed by atoms with E-state index in [-0.39, 0.29) is 23.3 Å². The van der Waals surface area contributed by atoms with E-state index in [1.807, 2.05) is 21.7 Å². The maximum Gasteiger partial charge on any atom is 0.253 e. The zero-order chi connectivity index (χ0) is 21.1. The molecule has 0 aliphatic carbocycles. The Labute approximate surface area is 177 Å². The van der Waals surface area contributed by atoms with Crippen LogP contribution in [0.4, 0.5) is 5.69 Å². The second-order valence-electron chi connectivity index (χ2n) is 7.35. The number of amides is 2. The van der Waals surface area contributed by atoms with E-state index in [1.165, 1.54) is 13.0 Å². The number of thiophene rings is 1. The maximum absolute atomic E-state index is 12.8. The molecule has 1 fully saturated rings. The zero-order valence-corrected chi connectivity index (χ0v) is 17.4. The number of rotatable bonds is 4. The second kappa shape index (κ2) is 8.62. The number of hydrogen-bond donors (Lipinski definition) is 2. The topological polar surface area (TPSA) is 95.2 Å². The fourth-order valence-electron chi connectivity index (χ4n) is 3.67. The molecule has 2 N–H and O–H groups in total. The van der Waals surface area contributed by atoms with Gasteiger partial charge in [0.05, 0.1) is 5.69 Å². The highest BCUT2D eigenvalue weighted by Crippen LogP contribution is 2.28. The molecular weight excluding hydrogens is 400 g/mol. The van der Waals surface area contributed by atoms with Crippen LogP contribution in [0.5, 0.6) is 0 Å². The number of H-pyrrole nitrogens is 1. The van der Waals surface area contributed by atoms with Crippen LogP contribution in [-0.2, 0) is 4.79 Å². The van der Waals surface area contributed by atoms with Gasteiger partial charge in [-0.15, -0.1) is 0 Å². The van der Waals surface area contributed by atoms with Gasteiger partial charge in [0, 0.05) is 54.2 Å². The summed E-state index contributed by atoms with van der Waals surface area (Å²) >= 11 is 1.57. The number of aromatic amines is 1. The van der Waals surface area contributed by atoms with Crippen LogP contribution >= 0.6 is 11.3 Å². The summed E-state index contributed by atoms with van der Waals surface area (Å²) in [5, 5.41) is 6.63. The summed E-state index contributed by atoms with van der Waals surface area (Å²) in [5.41, 5.74) is 2.74. The van der Waals surface area contributed by atoms with Crippen LogP contribution < -0.4 is 10.9 Å². The van der Waals surface area contributed by atoms with E-state index in [1.54, 1.807) is 35.6 Å². The molecule has 2 aromatic heterocycles. The Morgan fingerprint density at radius 2 is 1.90 bits per heavy atom. The van der Waals surface area contributed by atoms with E-state index in [0.29, 0.717) is 35.9 Å². The molecule has 0 spiro atoms. The van der Waals surface area contributed by atoms with E-state index in [4.69, 9.17) is 0 Å². The van der Waals surface area contributed by atoms with Crippen molar-refractivity contribution in [2.75, 3.05) is 18.4 Å². The summed E-state index contributed by atoms with van der Waals surface area (Å²) in [6, 6.07) is 10.4. The molecule has 4 rings (SSSR count). The molecule has 1 saturated heterocycles. The molecule has 0 atom stereocenters. The number of carbonyl (C=O) groups is 2. The van der Waals surface area contributed by atoms with Crippen LogP contribution in [0, 0.1) is 0 Å². The molecule has 8 heteroatoms. The number of hydrogen-bond acceptors (Lipinski definition) is 5. The van der Waals surface area contributed by atoms with Gasteiger partial charge in [0.25, 0.3) is 11.5 Å². The molecule has 0 unspecified atom stereocenters. The van der Waals surface area contributed by atoms with Gasteiger partial charge in [-0.25, -0.2) is 4.98 Å². The average Bonchev–Trinajstić information content (AvgIpc) is 3.28. The first-order chi connectivity index (χ1) is 14.5. The van der Waals surface area contributed by atoms with Crippen LogP contribution in [0.3, 0.4) is 0 Å². The van der Waals surface area contributed by atoms with Crippen molar-refractivity contribution in [1.82, 2.24) is 14.9 Å². The Kier molecular flexibility index (Phi) is 5.76. The number of likely N-dealkylation sites (tertiary alicyclic amines) is 1. The highest BCUT2D eigenvalue weighted by molar-refractivity contribution is 7.08. The Balaban J connectivity index is 1.42. The summed E-state index contributed by atoms with van der Waals surface area (Å²) in [5.74, 6) is 0.625. The molecule has 30 heavy (non-hydrogen) atoms. The van der Waals surface area contributed by atoms with Crippen molar-refractivity contribution < 1.29 is 9.59 Å². The molecule has 0 bridgehead atoms. The molecule has 2 amide bonds. The number of nitrogens with zero attached hydrogens (tertiary/aromatic N) is 2. The van der Waals surface area contributed by atoms with Gasteiger partial charge in [0.2, 0.25) is 5.91 Å². The quantitative estimate of drug-likeness (QED) is 0.673. The first-order valence-corrected chi connectivity index (χ1v) is 10.7. The van der Waals surface area contributed by atoms with Crippen molar-refractivity contribution in [2.45, 2.75) is 25.7 Å². The fraction of sp³-hybridized carbons (Fsp3) is 0.273. The van der Waals surface area contributed by atoms with Crippen molar-refractivity contribution in [3.05, 3.63) is 68.9 Å². The maximum atomic E-state index is 12.8. The molecule has 1 aliphatic rings. The van der Waals surface area contributed by atoms with Crippen LogP contribution in [-0.4, -0.2) is 39.8 Å². The van der Waals surface area contributed by atoms with Gasteiger partial charge in [0.1, 0.15) is 5.82 Å². The third-order valence-electron chi connectivity index (χ3n) is 5.20. The minimum absolute atomic E-state index is 0.0312. The third-order valence-corrected chi connectivity index (χ3v) is 5.88. The average molecular weight is 423 g/mol. The monoisotopic (exact) mass is 422 g/mol. The summed E-state index contributed by atoms with van der Waals surface area (Å²) in [7, 11) is 0. The molecule has 3 aromatic rings. The van der Waals surface area contributed by atoms with Crippen molar-refractivity contribution in [3.63, 3.8) is 0 Å². The Morgan fingerprint density at radius 1 is 1.17 bits per heavy atom. The molecule has 7 nitrogen and oxygen atoms in total. The van der Waals surface area contributed by atoms with Crippen LogP contribution in [0.1, 0.15) is 41.9 Å². The second-order valence-corrected chi connectivity index (χ2v) is 8.13. The standard InChI is InChI=1S/C22H22N4O3S/c1-14(27)23-18-4-2-16(3-5-18)22(29)26-9-6-15(7-10-26)21-24-19(12-20(28)25-21)17-8-11-30-13-17/h2-5,8,11-13,15H,6-7,9-10H2,1H3,(H,23,27)(H,24,25,28). The van der Waals surface area contributed by atoms with Crippen molar-refractivity contribution >= 4 is 28.8 Å². The minimum atomic E-state index is -0.154. The van der Waals surface area contributed by atoms with E-state index in [2.05, 4.69) is 15.3 Å². The summed E-state index contributed by atoms with van der Waals surface area (Å²) in [6.45, 7) is 2.65. The van der Waals surface area contributed by atoms with Crippen LogP contribution in [0.15, 0.2) is 52.0 Å². The molecule has 0 saturated carbocycles. The van der Waals surface area contributed by atoms with E-state index in [9.17, 15) is 14.4 Å². The minimum Gasteiger partial charge on any atom is -0.339 e. The van der Waals surface area contributed by atoms with Crippen LogP contribution in [0.25, 0.3) is 11.3 Å². The van der Waals surface area contributed by atoms with Crippen LogP contribution in [0.2, 0.25) is 0 Å². The Hall–Kier alpha value is -3.26. The lowest BCUT2D eigenvalue weighted by Crippen LogP contribution is -2.38. The zero-order valence-electron chi connectivity index (χ0n) is 16.6. The van der Waals surface area contributed by atoms with E-state index in [0.717, 1.165) is 18.4 Å². The highest BCUT2D eigenvalue weighted by atomic mass is 32.1. The van der Waals surface area contributed by atoms with Gasteiger partial charge >= 0.3 is 0 Å². The van der Waals surface area contributed by atoms with Gasteiger partial charge in [-0.2, -0.15) is 11.3 Å². The number of aromatic nitrogens is 2. The first kappa shape index (κ1) is 20.0. The van der Waals surface area contributed by atoms with Gasteiger partial charge in [-0.3, -0.25) is 14.4 Å². The lowest BCUT2D eigenvalue weighted by molar-refractivity contribution is -0.114. The van der Waals surface area contributed by atoms with Crippen molar-refractivity contribution in [1.29, 1.82) is 0 Å². The predicted octanol–water partition coefficient (Wildman–Crippen LogP) is 3.48. The number of nitrogens with one attached hydrogen (secondary N) is 2. The number of anilines is 1. The van der Waals surface area contributed by atoms with E-state index >= 15 is 0 Å². The molecular formula is C22H22N4O3S. The lowest BCUT2D eigenvalue weighted by Gasteiger charge is -2.31. The SMILES string of the molecule is CC(=O)Nc1ccc(C(=O)N2CCC(c3nc(-c4ccsc4)cc(=O)[nH]3)CC2)cc1. The smallest absolute Gasteiger partial charge is 0.253 e. The van der Waals surface area contributed by atoms with Gasteiger partial charge < -0.3 is 15.2 Å². The number of piperidine rings is 1. The number of benzene rings is 1. The Bertz CT molecular complexity index is 1100. The van der Waals surface area contributed by atoms with E-state index < -0.39 is 0 Å². The predicted molar refractivity (Wildman–Crippen MR) is 117 cm³/mol. The largest absolute Gasteiger partial charge is 0.339 e. The molecule has 0 radical (unpaired) electrons. The van der Waals surface area contributed by atoms with Crippen molar-refractivity contribution in [3.8, 4) is 11.3 Å². The third kappa shape index (κ3) is 4.49. The summed E-state index contributed by atoms with van der Waals surface area (Å²) < 4.78 is 0. The molecule has 1 aliphatic heterocycles. The normalized spacial score (nSPS) is 14.5.